The lowest BCUT2D eigenvalue weighted by atomic mass is 10.1. The van der Waals surface area contributed by atoms with E-state index in [0.29, 0.717) is 12.2 Å². The minimum absolute atomic E-state index is 0.237. The summed E-state index contributed by atoms with van der Waals surface area (Å²) in [7, 11) is 0. The van der Waals surface area contributed by atoms with Gasteiger partial charge in [0, 0.05) is 11.5 Å². The van der Waals surface area contributed by atoms with Crippen LogP contribution in [-0.4, -0.2) is 19.3 Å². The topological polar surface area (TPSA) is 52.0 Å². The van der Waals surface area contributed by atoms with Gasteiger partial charge in [0.15, 0.2) is 0 Å². The molecule has 1 aliphatic heterocycles. The van der Waals surface area contributed by atoms with E-state index in [4.69, 9.17) is 13.9 Å². The Balaban J connectivity index is 1.96. The van der Waals surface area contributed by atoms with E-state index in [1.165, 1.54) is 6.07 Å². The minimum Gasteiger partial charge on any atom is -0.491 e. The molecule has 0 saturated carbocycles. The summed E-state index contributed by atoms with van der Waals surface area (Å²) in [6, 6.07) is 6.92. The second-order valence-corrected chi connectivity index (χ2v) is 4.17. The molecule has 2 heterocycles. The summed E-state index contributed by atoms with van der Waals surface area (Å²) in [4.78, 5) is 11.2. The van der Waals surface area contributed by atoms with Gasteiger partial charge in [-0.05, 0) is 30.7 Å². The third kappa shape index (κ3) is 2.17. The van der Waals surface area contributed by atoms with Gasteiger partial charge in [-0.1, -0.05) is 0 Å². The maximum Gasteiger partial charge on any atom is 0.336 e. The van der Waals surface area contributed by atoms with Crippen molar-refractivity contribution >= 4 is 11.0 Å². The van der Waals surface area contributed by atoms with Crippen LogP contribution in [0.25, 0.3) is 11.0 Å². The first-order valence-electron chi connectivity index (χ1n) is 5.51. The summed E-state index contributed by atoms with van der Waals surface area (Å²) in [5.41, 5.74) is 1.16. The van der Waals surface area contributed by atoms with Crippen molar-refractivity contribution in [3.63, 3.8) is 0 Å². The molecule has 1 saturated heterocycles. The van der Waals surface area contributed by atoms with Gasteiger partial charge < -0.3 is 13.9 Å². The third-order valence-electron chi connectivity index (χ3n) is 2.76. The molecule has 0 bridgehead atoms. The van der Waals surface area contributed by atoms with Crippen LogP contribution >= 0.6 is 0 Å². The fraction of sp³-hybridized carbons (Fsp3) is 0.308. The van der Waals surface area contributed by atoms with Gasteiger partial charge in [-0.3, -0.25) is 0 Å². The smallest absolute Gasteiger partial charge is 0.336 e. The van der Waals surface area contributed by atoms with Gasteiger partial charge >= 0.3 is 5.63 Å². The largest absolute Gasteiger partial charge is 0.491 e. The molecule has 1 aliphatic rings. The van der Waals surface area contributed by atoms with Crippen LogP contribution in [0.2, 0.25) is 0 Å². The van der Waals surface area contributed by atoms with Crippen molar-refractivity contribution in [2.75, 3.05) is 13.2 Å². The predicted molar refractivity (Wildman–Crippen MR) is 62.5 cm³/mol. The Bertz CT molecular complexity index is 610. The van der Waals surface area contributed by atoms with Crippen LogP contribution < -0.4 is 10.4 Å². The average Bonchev–Trinajstić information content (AvgIpc) is 3.10. The summed E-state index contributed by atoms with van der Waals surface area (Å²) in [6.45, 7) is 3.23. The van der Waals surface area contributed by atoms with E-state index in [9.17, 15) is 4.79 Å². The first-order valence-corrected chi connectivity index (χ1v) is 5.51. The van der Waals surface area contributed by atoms with Crippen LogP contribution in [0.1, 0.15) is 5.56 Å². The van der Waals surface area contributed by atoms with Crippen LogP contribution in [-0.2, 0) is 4.74 Å². The number of rotatable bonds is 3. The Morgan fingerprint density at radius 1 is 1.41 bits per heavy atom. The number of epoxide rings is 1. The molecule has 0 N–H and O–H groups in total. The van der Waals surface area contributed by atoms with Crippen LogP contribution in [0, 0.1) is 6.92 Å². The molecule has 1 fully saturated rings. The molecular formula is C13H12O4. The number of hydrogen-bond acceptors (Lipinski definition) is 4. The standard InChI is InChI=1S/C13H12O4/c1-8-4-13(14)17-12-3-2-9(5-11(8)12)15-6-10-7-16-10/h2-5,10H,6-7H2,1H3/t10-/m0/s1. The lowest BCUT2D eigenvalue weighted by molar-refractivity contribution is 0.263. The maximum atomic E-state index is 11.2. The molecule has 0 amide bonds. The molecule has 17 heavy (non-hydrogen) atoms. The summed E-state index contributed by atoms with van der Waals surface area (Å²) < 4.78 is 15.8. The highest BCUT2D eigenvalue weighted by molar-refractivity contribution is 5.81. The molecule has 4 nitrogen and oxygen atoms in total. The highest BCUT2D eigenvalue weighted by atomic mass is 16.6. The number of ether oxygens (including phenoxy) is 2. The van der Waals surface area contributed by atoms with Gasteiger partial charge in [-0.2, -0.15) is 0 Å². The van der Waals surface area contributed by atoms with E-state index in [-0.39, 0.29) is 11.7 Å². The Kier molecular flexibility index (Phi) is 2.37. The quantitative estimate of drug-likeness (QED) is 0.599. The summed E-state index contributed by atoms with van der Waals surface area (Å²) in [6.07, 6.45) is 0.237. The van der Waals surface area contributed by atoms with Crippen LogP contribution in [0.4, 0.5) is 0 Å². The maximum absolute atomic E-state index is 11.2. The Labute approximate surface area is 97.8 Å². The number of fused-ring (bicyclic) bond motifs is 1. The van der Waals surface area contributed by atoms with E-state index >= 15 is 0 Å². The van der Waals surface area contributed by atoms with E-state index in [0.717, 1.165) is 23.3 Å². The number of benzene rings is 1. The molecule has 1 atom stereocenters. The molecule has 1 aromatic carbocycles. The molecule has 0 radical (unpaired) electrons. The lowest BCUT2D eigenvalue weighted by Crippen LogP contribution is -2.04. The zero-order valence-electron chi connectivity index (χ0n) is 9.43. The summed E-state index contributed by atoms with van der Waals surface area (Å²) in [5.74, 6) is 0.768. The van der Waals surface area contributed by atoms with Crippen LogP contribution in [0.3, 0.4) is 0 Å². The van der Waals surface area contributed by atoms with Crippen LogP contribution in [0.15, 0.2) is 33.5 Å². The molecule has 1 aromatic heterocycles. The molecular weight excluding hydrogens is 220 g/mol. The van der Waals surface area contributed by atoms with Gasteiger partial charge in [-0.15, -0.1) is 0 Å². The molecule has 4 heteroatoms. The van der Waals surface area contributed by atoms with E-state index in [1.54, 1.807) is 12.1 Å². The van der Waals surface area contributed by atoms with Crippen molar-refractivity contribution in [3.8, 4) is 5.75 Å². The van der Waals surface area contributed by atoms with Gasteiger partial charge in [0.25, 0.3) is 0 Å². The fourth-order valence-corrected chi connectivity index (χ4v) is 1.74. The Morgan fingerprint density at radius 2 is 2.24 bits per heavy atom. The van der Waals surface area contributed by atoms with Gasteiger partial charge in [0.2, 0.25) is 0 Å². The fourth-order valence-electron chi connectivity index (χ4n) is 1.74. The van der Waals surface area contributed by atoms with Crippen molar-refractivity contribution in [3.05, 3.63) is 40.2 Å². The molecule has 0 spiro atoms. The monoisotopic (exact) mass is 232 g/mol. The Morgan fingerprint density at radius 3 is 3.00 bits per heavy atom. The third-order valence-corrected chi connectivity index (χ3v) is 2.76. The van der Waals surface area contributed by atoms with Gasteiger partial charge in [-0.25, -0.2) is 4.79 Å². The second-order valence-electron chi connectivity index (χ2n) is 4.17. The second kappa shape index (κ2) is 3.89. The van der Waals surface area contributed by atoms with Crippen molar-refractivity contribution in [1.29, 1.82) is 0 Å². The molecule has 0 unspecified atom stereocenters. The molecule has 0 aliphatic carbocycles. The zero-order valence-corrected chi connectivity index (χ0v) is 9.43. The normalized spacial score (nSPS) is 18.3. The van der Waals surface area contributed by atoms with Crippen molar-refractivity contribution < 1.29 is 13.9 Å². The van der Waals surface area contributed by atoms with Gasteiger partial charge in [0.1, 0.15) is 24.0 Å². The van der Waals surface area contributed by atoms with Crippen molar-refractivity contribution in [2.24, 2.45) is 0 Å². The first kappa shape index (κ1) is 10.4. The van der Waals surface area contributed by atoms with E-state index in [2.05, 4.69) is 0 Å². The first-order chi connectivity index (χ1) is 8.22. The van der Waals surface area contributed by atoms with E-state index in [1.807, 2.05) is 13.0 Å². The average molecular weight is 232 g/mol. The SMILES string of the molecule is Cc1cc(=O)oc2ccc(OC[C@H]3CO3)cc12. The van der Waals surface area contributed by atoms with Gasteiger partial charge in [0.05, 0.1) is 6.61 Å². The van der Waals surface area contributed by atoms with Crippen molar-refractivity contribution in [1.82, 2.24) is 0 Å². The zero-order chi connectivity index (χ0) is 11.8. The molecule has 3 rings (SSSR count). The highest BCUT2D eigenvalue weighted by Crippen LogP contribution is 2.23. The minimum atomic E-state index is -0.324. The highest BCUT2D eigenvalue weighted by Gasteiger charge is 2.23. The van der Waals surface area contributed by atoms with E-state index < -0.39 is 0 Å². The summed E-state index contributed by atoms with van der Waals surface area (Å²) in [5, 5.41) is 0.902. The Hall–Kier alpha value is -1.81. The molecule has 88 valence electrons. The van der Waals surface area contributed by atoms with Crippen molar-refractivity contribution in [2.45, 2.75) is 13.0 Å². The number of aryl methyl sites for hydroxylation is 1. The predicted octanol–water partition coefficient (Wildman–Crippen LogP) is 1.88. The lowest BCUT2D eigenvalue weighted by Gasteiger charge is -2.06. The van der Waals surface area contributed by atoms with Crippen LogP contribution in [0.5, 0.6) is 5.75 Å². The molecule has 2 aromatic rings. The number of hydrogen-bond donors (Lipinski definition) is 0. The summed E-state index contributed by atoms with van der Waals surface area (Å²) >= 11 is 0.